The smallest absolute Gasteiger partial charge is 0.225 e. The van der Waals surface area contributed by atoms with E-state index in [0.29, 0.717) is 23.0 Å². The molecule has 190 valence electrons. The van der Waals surface area contributed by atoms with Gasteiger partial charge in [-0.2, -0.15) is 4.98 Å². The predicted molar refractivity (Wildman–Crippen MR) is 149 cm³/mol. The second-order valence-corrected chi connectivity index (χ2v) is 10.4. The lowest BCUT2D eigenvalue weighted by Gasteiger charge is -2.31. The van der Waals surface area contributed by atoms with Crippen molar-refractivity contribution in [3.63, 3.8) is 0 Å². The van der Waals surface area contributed by atoms with E-state index in [1.807, 2.05) is 37.3 Å². The summed E-state index contributed by atoms with van der Waals surface area (Å²) in [6, 6.07) is 10.7. The van der Waals surface area contributed by atoms with Crippen molar-refractivity contribution in [2.75, 3.05) is 29.6 Å². The molecule has 0 saturated heterocycles. The number of anilines is 3. The molecule has 1 saturated carbocycles. The van der Waals surface area contributed by atoms with Gasteiger partial charge in [0.1, 0.15) is 17.2 Å². The lowest BCUT2D eigenvalue weighted by Crippen LogP contribution is -2.42. The third kappa shape index (κ3) is 5.46. The van der Waals surface area contributed by atoms with Crippen molar-refractivity contribution in [3.8, 4) is 11.3 Å². The number of benzene rings is 1. The largest absolute Gasteiger partial charge is 0.362 e. The van der Waals surface area contributed by atoms with Crippen molar-refractivity contribution < 1.29 is 4.52 Å². The van der Waals surface area contributed by atoms with Gasteiger partial charge in [0.25, 0.3) is 0 Å². The lowest BCUT2D eigenvalue weighted by atomic mass is 9.91. The number of aromatic nitrogens is 3. The minimum absolute atomic E-state index is 0.324. The molecule has 1 fully saturated rings. The summed E-state index contributed by atoms with van der Waals surface area (Å²) in [7, 11) is 4.14. The summed E-state index contributed by atoms with van der Waals surface area (Å²) in [6.45, 7) is 1.89. The Kier molecular flexibility index (Phi) is 7.36. The molecule has 0 unspecified atom stereocenters. The van der Waals surface area contributed by atoms with Gasteiger partial charge in [0.2, 0.25) is 5.95 Å². The average molecular weight is 506 g/mol. The third-order valence-electron chi connectivity index (χ3n) is 7.13. The van der Waals surface area contributed by atoms with Crippen LogP contribution in [0.3, 0.4) is 0 Å². The van der Waals surface area contributed by atoms with Gasteiger partial charge in [-0.1, -0.05) is 35.5 Å². The Hall–Kier alpha value is -3.20. The Morgan fingerprint density at radius 2 is 1.72 bits per heavy atom. The molecule has 2 heterocycles. The first-order valence-corrected chi connectivity index (χ1v) is 13.3. The highest BCUT2D eigenvalue weighted by Gasteiger charge is 2.25. The van der Waals surface area contributed by atoms with Crippen molar-refractivity contribution in [2.24, 2.45) is 0 Å². The van der Waals surface area contributed by atoms with Crippen molar-refractivity contribution in [1.29, 1.82) is 0 Å². The molecule has 9 heteroatoms. The Morgan fingerprint density at radius 3 is 2.47 bits per heavy atom. The minimum atomic E-state index is 0.324. The maximum atomic E-state index is 5.65. The van der Waals surface area contributed by atoms with E-state index in [0.717, 1.165) is 67.2 Å². The van der Waals surface area contributed by atoms with E-state index in [1.165, 1.54) is 24.1 Å². The maximum absolute atomic E-state index is 5.65. The maximum Gasteiger partial charge on any atom is 0.225 e. The van der Waals surface area contributed by atoms with Crippen LogP contribution in [0.25, 0.3) is 11.3 Å². The fraction of sp³-hybridized carbons (Fsp3) is 0.481. The Balaban J connectivity index is 1.16. The molecular weight excluding hydrogens is 470 g/mol. The molecule has 3 N–H and O–H groups in total. The summed E-state index contributed by atoms with van der Waals surface area (Å²) in [4.78, 5) is 11.9. The van der Waals surface area contributed by atoms with Crippen LogP contribution in [0.5, 0.6) is 0 Å². The van der Waals surface area contributed by atoms with Gasteiger partial charge in [0, 0.05) is 37.3 Å². The van der Waals surface area contributed by atoms with Gasteiger partial charge in [-0.3, -0.25) is 0 Å². The van der Waals surface area contributed by atoms with Crippen molar-refractivity contribution in [2.45, 2.75) is 70.4 Å². The lowest BCUT2D eigenvalue weighted by molar-refractivity contribution is 0.387. The SMILES string of the molecule is Cc1onc(-c2ccccc2)c1NC(=S)N[C@H]1CC[C@@H](Nc2nc3c(c(N(C)C)n2)CCCC3)CC1. The van der Waals surface area contributed by atoms with Gasteiger partial charge in [-0.25, -0.2) is 4.98 Å². The highest BCUT2D eigenvalue weighted by Crippen LogP contribution is 2.31. The fourth-order valence-corrected chi connectivity index (χ4v) is 5.49. The van der Waals surface area contributed by atoms with E-state index in [9.17, 15) is 0 Å². The van der Waals surface area contributed by atoms with Crippen molar-refractivity contribution in [3.05, 3.63) is 47.3 Å². The highest BCUT2D eigenvalue weighted by molar-refractivity contribution is 7.80. The molecule has 0 atom stereocenters. The first-order valence-electron chi connectivity index (χ1n) is 12.9. The summed E-state index contributed by atoms with van der Waals surface area (Å²) < 4.78 is 5.45. The molecule has 2 aromatic heterocycles. The minimum Gasteiger partial charge on any atom is -0.362 e. The van der Waals surface area contributed by atoms with E-state index < -0.39 is 0 Å². The van der Waals surface area contributed by atoms with E-state index in [-0.39, 0.29) is 0 Å². The number of hydrogen-bond donors (Lipinski definition) is 3. The molecule has 2 aliphatic rings. The topological polar surface area (TPSA) is 91.1 Å². The predicted octanol–water partition coefficient (Wildman–Crippen LogP) is 5.09. The zero-order chi connectivity index (χ0) is 25.1. The number of hydrogen-bond acceptors (Lipinski definition) is 7. The van der Waals surface area contributed by atoms with Crippen LogP contribution in [0.1, 0.15) is 55.5 Å². The average Bonchev–Trinajstić information content (AvgIpc) is 3.24. The van der Waals surface area contributed by atoms with E-state index in [4.69, 9.17) is 26.7 Å². The second-order valence-electron chi connectivity index (χ2n) is 10.0. The Bertz CT molecular complexity index is 1200. The van der Waals surface area contributed by atoms with Crippen LogP contribution in [-0.2, 0) is 12.8 Å². The standard InChI is InChI=1S/C27H35N7OS/c1-17-23(24(33-35-17)18-9-5-4-6-10-18)31-27(36)29-20-15-13-19(14-16-20)28-26-30-22-12-8-7-11-21(22)25(32-26)34(2)3/h4-6,9-10,19-20H,7-8,11-16H2,1-3H3,(H,28,30,32)(H2,29,31,36)/t19-,20+. The number of aryl methyl sites for hydroxylation is 2. The quantitative estimate of drug-likeness (QED) is 0.396. The second kappa shape index (κ2) is 10.8. The van der Waals surface area contributed by atoms with Gasteiger partial charge in [-0.05, 0) is 70.5 Å². The molecule has 8 nitrogen and oxygen atoms in total. The summed E-state index contributed by atoms with van der Waals surface area (Å²) in [5.41, 5.74) is 5.12. The number of thiocarbonyl (C=S) groups is 1. The Labute approximate surface area is 218 Å². The molecule has 3 aromatic rings. The van der Waals surface area contributed by atoms with Gasteiger partial charge < -0.3 is 25.4 Å². The zero-order valence-corrected chi connectivity index (χ0v) is 22.1. The van der Waals surface area contributed by atoms with Crippen molar-refractivity contribution >= 4 is 34.8 Å². The van der Waals surface area contributed by atoms with Crippen LogP contribution in [0, 0.1) is 6.92 Å². The third-order valence-corrected chi connectivity index (χ3v) is 7.35. The van der Waals surface area contributed by atoms with Crippen LogP contribution in [0.2, 0.25) is 0 Å². The molecule has 0 radical (unpaired) electrons. The molecular formula is C27H35N7OS. The number of nitrogens with one attached hydrogen (secondary N) is 3. The number of rotatable bonds is 6. The van der Waals surface area contributed by atoms with Crippen LogP contribution < -0.4 is 20.9 Å². The van der Waals surface area contributed by atoms with Crippen LogP contribution in [-0.4, -0.2) is 46.4 Å². The molecule has 36 heavy (non-hydrogen) atoms. The molecule has 0 aliphatic heterocycles. The normalized spacial score (nSPS) is 19.3. The summed E-state index contributed by atoms with van der Waals surface area (Å²) in [5.74, 6) is 2.55. The fourth-order valence-electron chi connectivity index (χ4n) is 5.22. The van der Waals surface area contributed by atoms with E-state index >= 15 is 0 Å². The zero-order valence-electron chi connectivity index (χ0n) is 21.3. The molecule has 1 aromatic carbocycles. The van der Waals surface area contributed by atoms with Gasteiger partial charge >= 0.3 is 0 Å². The van der Waals surface area contributed by atoms with Crippen LogP contribution in [0.15, 0.2) is 34.9 Å². The number of fused-ring (bicyclic) bond motifs is 1. The first-order chi connectivity index (χ1) is 17.5. The van der Waals surface area contributed by atoms with Crippen LogP contribution in [0.4, 0.5) is 17.5 Å². The van der Waals surface area contributed by atoms with Crippen LogP contribution >= 0.6 is 12.2 Å². The first kappa shape index (κ1) is 24.5. The van der Waals surface area contributed by atoms with E-state index in [2.05, 4.69) is 40.1 Å². The molecule has 0 bridgehead atoms. The molecule has 5 rings (SSSR count). The molecule has 0 spiro atoms. The van der Waals surface area contributed by atoms with Gasteiger partial charge in [-0.15, -0.1) is 0 Å². The van der Waals surface area contributed by atoms with Crippen molar-refractivity contribution in [1.82, 2.24) is 20.4 Å². The summed E-state index contributed by atoms with van der Waals surface area (Å²) in [6.07, 6.45) is 8.70. The number of nitrogens with zero attached hydrogens (tertiary/aromatic N) is 4. The summed E-state index contributed by atoms with van der Waals surface area (Å²) >= 11 is 5.65. The molecule has 0 amide bonds. The monoisotopic (exact) mass is 505 g/mol. The van der Waals surface area contributed by atoms with Gasteiger partial charge in [0.05, 0.1) is 5.69 Å². The van der Waals surface area contributed by atoms with Gasteiger partial charge in [0.15, 0.2) is 10.9 Å². The highest BCUT2D eigenvalue weighted by atomic mass is 32.1. The van der Waals surface area contributed by atoms with E-state index in [1.54, 1.807) is 0 Å². The molecule has 2 aliphatic carbocycles. The Morgan fingerprint density at radius 1 is 1.00 bits per heavy atom. The summed E-state index contributed by atoms with van der Waals surface area (Å²) in [5, 5.41) is 15.3.